The molecule has 98 valence electrons. The number of esters is 1. The molecule has 0 spiro atoms. The van der Waals surface area contributed by atoms with Crippen LogP contribution in [0.2, 0.25) is 0 Å². The second-order valence-electron chi connectivity index (χ2n) is 4.11. The number of rotatable bonds is 6. The van der Waals surface area contributed by atoms with Gasteiger partial charge in [0.2, 0.25) is 5.91 Å². The Hall–Kier alpha value is -1.14. The molecule has 6 heteroatoms. The van der Waals surface area contributed by atoms with Crippen molar-refractivity contribution in [1.29, 1.82) is 0 Å². The van der Waals surface area contributed by atoms with Crippen LogP contribution in [0, 0.1) is 0 Å². The molecule has 1 aliphatic heterocycles. The fourth-order valence-corrected chi connectivity index (χ4v) is 1.69. The molecule has 0 bridgehead atoms. The topological polar surface area (TPSA) is 87.7 Å². The Morgan fingerprint density at radius 1 is 1.71 bits per heavy atom. The van der Waals surface area contributed by atoms with Crippen molar-refractivity contribution in [3.05, 3.63) is 0 Å². The van der Waals surface area contributed by atoms with Crippen LogP contribution in [0.1, 0.15) is 26.2 Å². The van der Waals surface area contributed by atoms with Gasteiger partial charge in [0.15, 0.2) is 0 Å². The smallest absolute Gasteiger partial charge is 0.308 e. The lowest BCUT2D eigenvalue weighted by Crippen LogP contribution is -2.47. The van der Waals surface area contributed by atoms with Gasteiger partial charge in [-0.1, -0.05) is 0 Å². The predicted octanol–water partition coefficient (Wildman–Crippen LogP) is -0.831. The van der Waals surface area contributed by atoms with Crippen molar-refractivity contribution in [2.24, 2.45) is 0 Å². The number of piperidine rings is 1. The van der Waals surface area contributed by atoms with Gasteiger partial charge >= 0.3 is 5.97 Å². The summed E-state index contributed by atoms with van der Waals surface area (Å²) in [6.45, 7) is 2.96. The summed E-state index contributed by atoms with van der Waals surface area (Å²) in [4.78, 5) is 22.0. The fourth-order valence-electron chi connectivity index (χ4n) is 1.69. The first-order valence-electron chi connectivity index (χ1n) is 5.95. The maximum absolute atomic E-state index is 11.1. The number of amides is 1. The molecule has 1 aliphatic rings. The number of hydrogen-bond donors (Lipinski definition) is 3. The van der Waals surface area contributed by atoms with Crippen molar-refractivity contribution < 1.29 is 19.4 Å². The van der Waals surface area contributed by atoms with E-state index in [0.29, 0.717) is 26.1 Å². The third kappa shape index (κ3) is 5.65. The average molecular weight is 244 g/mol. The SMILES string of the molecule is CCOC(=O)CC(O)CNC1CCC(=O)NC1. The molecule has 2 atom stereocenters. The molecule has 1 amide bonds. The number of carbonyl (C=O) groups is 2. The van der Waals surface area contributed by atoms with Crippen molar-refractivity contribution >= 4 is 11.9 Å². The number of carbonyl (C=O) groups excluding carboxylic acids is 2. The van der Waals surface area contributed by atoms with E-state index in [0.717, 1.165) is 6.42 Å². The first-order valence-corrected chi connectivity index (χ1v) is 5.95. The van der Waals surface area contributed by atoms with E-state index in [1.165, 1.54) is 0 Å². The second kappa shape index (κ2) is 7.24. The van der Waals surface area contributed by atoms with Gasteiger partial charge in [-0.2, -0.15) is 0 Å². The highest BCUT2D eigenvalue weighted by atomic mass is 16.5. The Bertz CT molecular complexity index is 260. The Morgan fingerprint density at radius 3 is 3.06 bits per heavy atom. The van der Waals surface area contributed by atoms with E-state index >= 15 is 0 Å². The predicted molar refractivity (Wildman–Crippen MR) is 61.3 cm³/mol. The summed E-state index contributed by atoms with van der Waals surface area (Å²) >= 11 is 0. The van der Waals surface area contributed by atoms with Crippen LogP contribution in [0.3, 0.4) is 0 Å². The van der Waals surface area contributed by atoms with E-state index in [4.69, 9.17) is 4.74 Å². The Kier molecular flexibility index (Phi) is 5.93. The van der Waals surface area contributed by atoms with Crippen molar-refractivity contribution in [1.82, 2.24) is 10.6 Å². The highest BCUT2D eigenvalue weighted by molar-refractivity contribution is 5.76. The minimum absolute atomic E-state index is 0.0000802. The van der Waals surface area contributed by atoms with Gasteiger partial charge in [0.05, 0.1) is 19.1 Å². The third-order valence-corrected chi connectivity index (χ3v) is 2.62. The van der Waals surface area contributed by atoms with Gasteiger partial charge in [-0.05, 0) is 13.3 Å². The van der Waals surface area contributed by atoms with Crippen LogP contribution in [0.4, 0.5) is 0 Å². The molecule has 3 N–H and O–H groups in total. The van der Waals surface area contributed by atoms with Gasteiger partial charge in [0.1, 0.15) is 0 Å². The monoisotopic (exact) mass is 244 g/mol. The van der Waals surface area contributed by atoms with Gasteiger partial charge < -0.3 is 20.5 Å². The van der Waals surface area contributed by atoms with Crippen LogP contribution >= 0.6 is 0 Å². The molecule has 0 radical (unpaired) electrons. The van der Waals surface area contributed by atoms with E-state index in [-0.39, 0.29) is 18.4 Å². The van der Waals surface area contributed by atoms with Crippen LogP contribution in [0.5, 0.6) is 0 Å². The van der Waals surface area contributed by atoms with Crippen LogP contribution in [0.15, 0.2) is 0 Å². The summed E-state index contributed by atoms with van der Waals surface area (Å²) in [5.41, 5.74) is 0. The van der Waals surface area contributed by atoms with Crippen molar-refractivity contribution in [3.8, 4) is 0 Å². The number of nitrogens with one attached hydrogen (secondary N) is 2. The summed E-state index contributed by atoms with van der Waals surface area (Å²) in [6.07, 6.45) is 0.524. The normalized spacial score (nSPS) is 21.8. The second-order valence-corrected chi connectivity index (χ2v) is 4.11. The number of hydrogen-bond acceptors (Lipinski definition) is 5. The zero-order valence-electron chi connectivity index (χ0n) is 10.1. The standard InChI is InChI=1S/C11H20N2O4/c1-2-17-11(16)5-9(14)7-12-8-3-4-10(15)13-6-8/h8-9,12,14H,2-7H2,1H3,(H,13,15). The van der Waals surface area contributed by atoms with Crippen molar-refractivity contribution in [3.63, 3.8) is 0 Å². The van der Waals surface area contributed by atoms with Crippen molar-refractivity contribution in [2.75, 3.05) is 19.7 Å². The lowest BCUT2D eigenvalue weighted by molar-refractivity contribution is -0.145. The lowest BCUT2D eigenvalue weighted by atomic mass is 10.1. The molecule has 0 aromatic carbocycles. The largest absolute Gasteiger partial charge is 0.466 e. The number of ether oxygens (including phenoxy) is 1. The summed E-state index contributed by atoms with van der Waals surface area (Å²) in [5, 5.41) is 15.4. The summed E-state index contributed by atoms with van der Waals surface area (Å²) in [6, 6.07) is 0.171. The van der Waals surface area contributed by atoms with E-state index in [1.54, 1.807) is 6.92 Å². The first kappa shape index (κ1) is 13.9. The van der Waals surface area contributed by atoms with Gasteiger partial charge in [0, 0.05) is 25.6 Å². The molecule has 1 fully saturated rings. The fraction of sp³-hybridized carbons (Fsp3) is 0.818. The van der Waals surface area contributed by atoms with Crippen LogP contribution in [0.25, 0.3) is 0 Å². The van der Waals surface area contributed by atoms with Crippen LogP contribution in [-0.4, -0.2) is 48.8 Å². The maximum atomic E-state index is 11.1. The Balaban J connectivity index is 2.13. The maximum Gasteiger partial charge on any atom is 0.308 e. The first-order chi connectivity index (χ1) is 8.11. The van der Waals surface area contributed by atoms with E-state index in [1.807, 2.05) is 0 Å². The molecule has 1 heterocycles. The van der Waals surface area contributed by atoms with E-state index in [2.05, 4.69) is 10.6 Å². The molecule has 17 heavy (non-hydrogen) atoms. The van der Waals surface area contributed by atoms with Gasteiger partial charge in [-0.15, -0.1) is 0 Å². The molecule has 0 aromatic rings. The average Bonchev–Trinajstić information content (AvgIpc) is 2.28. The van der Waals surface area contributed by atoms with Gasteiger partial charge in [0.25, 0.3) is 0 Å². The molecular weight excluding hydrogens is 224 g/mol. The molecule has 0 aromatic heterocycles. The molecule has 2 unspecified atom stereocenters. The molecular formula is C11H20N2O4. The minimum atomic E-state index is -0.744. The van der Waals surface area contributed by atoms with Crippen LogP contribution in [-0.2, 0) is 14.3 Å². The Morgan fingerprint density at radius 2 is 2.47 bits per heavy atom. The van der Waals surface area contributed by atoms with E-state index < -0.39 is 12.1 Å². The molecule has 6 nitrogen and oxygen atoms in total. The minimum Gasteiger partial charge on any atom is -0.466 e. The highest BCUT2D eigenvalue weighted by Crippen LogP contribution is 2.03. The molecule has 1 rings (SSSR count). The lowest BCUT2D eigenvalue weighted by Gasteiger charge is -2.24. The molecule has 0 aliphatic carbocycles. The zero-order chi connectivity index (χ0) is 12.7. The summed E-state index contributed by atoms with van der Waals surface area (Å²) < 4.78 is 4.73. The molecule has 1 saturated heterocycles. The summed E-state index contributed by atoms with van der Waals surface area (Å²) in [5.74, 6) is -0.325. The van der Waals surface area contributed by atoms with Crippen molar-refractivity contribution in [2.45, 2.75) is 38.3 Å². The number of aliphatic hydroxyl groups is 1. The Labute approximate surface area is 101 Å². The third-order valence-electron chi connectivity index (χ3n) is 2.62. The van der Waals surface area contributed by atoms with E-state index in [9.17, 15) is 14.7 Å². The number of aliphatic hydroxyl groups excluding tert-OH is 1. The quantitative estimate of drug-likeness (QED) is 0.531. The van der Waals surface area contributed by atoms with Gasteiger partial charge in [-0.3, -0.25) is 9.59 Å². The van der Waals surface area contributed by atoms with Gasteiger partial charge in [-0.25, -0.2) is 0 Å². The van der Waals surface area contributed by atoms with Crippen LogP contribution < -0.4 is 10.6 Å². The molecule has 0 saturated carbocycles. The zero-order valence-corrected chi connectivity index (χ0v) is 10.1. The summed E-state index contributed by atoms with van der Waals surface area (Å²) in [7, 11) is 0. The highest BCUT2D eigenvalue weighted by Gasteiger charge is 2.19.